The number of ether oxygens (including phenoxy) is 1. The maximum Gasteiger partial charge on any atom is 0.142 e. The predicted molar refractivity (Wildman–Crippen MR) is 52.9 cm³/mol. The second-order valence-electron chi connectivity index (χ2n) is 2.37. The largest absolute Gasteiger partial charge is 0.489 e. The molecule has 0 spiro atoms. The minimum Gasteiger partial charge on any atom is -0.489 e. The molecule has 5 nitrogen and oxygen atoms in total. The quantitative estimate of drug-likeness (QED) is 0.508. The van der Waals surface area contributed by atoms with Gasteiger partial charge in [0.05, 0.1) is 12.3 Å². The zero-order valence-electron chi connectivity index (χ0n) is 7.36. The molecule has 1 aromatic rings. The van der Waals surface area contributed by atoms with Crippen LogP contribution in [0.25, 0.3) is 0 Å². The van der Waals surface area contributed by atoms with Gasteiger partial charge in [-0.2, -0.15) is 0 Å². The number of benzene rings is 1. The van der Waals surface area contributed by atoms with Crippen LogP contribution >= 0.6 is 0 Å². The monoisotopic (exact) mass is 185 g/mol. The van der Waals surface area contributed by atoms with E-state index in [1.54, 1.807) is 18.2 Å². The first-order chi connectivity index (χ1) is 5.74. The third kappa shape index (κ3) is 3.18. The van der Waals surface area contributed by atoms with Gasteiger partial charge in [0.25, 0.3) is 0 Å². The second kappa shape index (κ2) is 5.23. The molecule has 0 aliphatic carbocycles. The lowest BCUT2D eigenvalue weighted by Gasteiger charge is -2.07. The fraction of sp³-hybridized carbons (Fsp3) is 0.250. The van der Waals surface area contributed by atoms with Gasteiger partial charge in [0.1, 0.15) is 12.4 Å². The van der Waals surface area contributed by atoms with E-state index in [0.717, 1.165) is 0 Å². The lowest BCUT2D eigenvalue weighted by Crippen LogP contribution is -2.04. The SMILES string of the molecule is N.Nc1ccc(OCCO)c(N)c1. The summed E-state index contributed by atoms with van der Waals surface area (Å²) >= 11 is 0. The molecule has 0 bridgehead atoms. The molecule has 0 aliphatic heterocycles. The molecule has 13 heavy (non-hydrogen) atoms. The molecule has 0 heterocycles. The molecule has 0 saturated carbocycles. The van der Waals surface area contributed by atoms with Crippen molar-refractivity contribution in [2.75, 3.05) is 24.7 Å². The number of nitrogens with two attached hydrogens (primary N) is 2. The van der Waals surface area contributed by atoms with Gasteiger partial charge in [-0.3, -0.25) is 0 Å². The Morgan fingerprint density at radius 1 is 1.31 bits per heavy atom. The lowest BCUT2D eigenvalue weighted by molar-refractivity contribution is 0.202. The molecule has 1 aromatic carbocycles. The number of nitrogen functional groups attached to an aromatic ring is 2. The topological polar surface area (TPSA) is 116 Å². The summed E-state index contributed by atoms with van der Waals surface area (Å²) in [6.07, 6.45) is 0. The predicted octanol–water partition coefficient (Wildman–Crippen LogP) is 0.384. The fourth-order valence-corrected chi connectivity index (χ4v) is 0.854. The summed E-state index contributed by atoms with van der Waals surface area (Å²) in [7, 11) is 0. The van der Waals surface area contributed by atoms with Crippen LogP contribution in [0.3, 0.4) is 0 Å². The Morgan fingerprint density at radius 3 is 2.54 bits per heavy atom. The first-order valence-electron chi connectivity index (χ1n) is 3.62. The van der Waals surface area contributed by atoms with E-state index in [1.807, 2.05) is 0 Å². The van der Waals surface area contributed by atoms with Crippen molar-refractivity contribution in [3.8, 4) is 5.75 Å². The van der Waals surface area contributed by atoms with E-state index in [-0.39, 0.29) is 19.4 Å². The number of rotatable bonds is 3. The maximum atomic E-state index is 8.48. The van der Waals surface area contributed by atoms with Crippen LogP contribution in [0.15, 0.2) is 18.2 Å². The molecule has 8 N–H and O–H groups in total. The van der Waals surface area contributed by atoms with E-state index in [2.05, 4.69) is 0 Å². The van der Waals surface area contributed by atoms with Crippen LogP contribution in [0.2, 0.25) is 0 Å². The number of hydrogen-bond acceptors (Lipinski definition) is 5. The van der Waals surface area contributed by atoms with Crippen LogP contribution < -0.4 is 22.4 Å². The van der Waals surface area contributed by atoms with Crippen LogP contribution in [-0.4, -0.2) is 18.3 Å². The minimum absolute atomic E-state index is 0. The Kier molecular flexibility index (Phi) is 4.64. The van der Waals surface area contributed by atoms with Crippen molar-refractivity contribution in [3.63, 3.8) is 0 Å². The van der Waals surface area contributed by atoms with Crippen molar-refractivity contribution in [1.29, 1.82) is 0 Å². The van der Waals surface area contributed by atoms with Crippen LogP contribution in [0.1, 0.15) is 0 Å². The van der Waals surface area contributed by atoms with Crippen LogP contribution in [0.5, 0.6) is 5.75 Å². The highest BCUT2D eigenvalue weighted by Crippen LogP contribution is 2.23. The summed E-state index contributed by atoms with van der Waals surface area (Å²) in [5, 5.41) is 8.48. The van der Waals surface area contributed by atoms with E-state index < -0.39 is 0 Å². The summed E-state index contributed by atoms with van der Waals surface area (Å²) < 4.78 is 5.11. The third-order valence-corrected chi connectivity index (χ3v) is 1.38. The molecule has 5 heteroatoms. The number of aliphatic hydroxyl groups is 1. The Morgan fingerprint density at radius 2 is 2.00 bits per heavy atom. The molecule has 0 aliphatic rings. The van der Waals surface area contributed by atoms with Gasteiger partial charge >= 0.3 is 0 Å². The summed E-state index contributed by atoms with van der Waals surface area (Å²) in [4.78, 5) is 0. The Balaban J connectivity index is 0.00000144. The zero-order chi connectivity index (χ0) is 8.97. The maximum absolute atomic E-state index is 8.48. The van der Waals surface area contributed by atoms with Gasteiger partial charge in [0, 0.05) is 5.69 Å². The molecule has 0 unspecified atom stereocenters. The molecule has 74 valence electrons. The highest BCUT2D eigenvalue weighted by atomic mass is 16.5. The minimum atomic E-state index is -0.0240. The van der Waals surface area contributed by atoms with Crippen molar-refractivity contribution < 1.29 is 9.84 Å². The fourth-order valence-electron chi connectivity index (χ4n) is 0.854. The molecule has 0 radical (unpaired) electrons. The third-order valence-electron chi connectivity index (χ3n) is 1.38. The average Bonchev–Trinajstić information content (AvgIpc) is 2.03. The van der Waals surface area contributed by atoms with Crippen molar-refractivity contribution in [2.24, 2.45) is 0 Å². The summed E-state index contributed by atoms with van der Waals surface area (Å²) in [5.74, 6) is 0.554. The normalized spacial score (nSPS) is 9.00. The highest BCUT2D eigenvalue weighted by molar-refractivity contribution is 5.60. The Labute approximate surface area is 76.9 Å². The lowest BCUT2D eigenvalue weighted by atomic mass is 10.2. The number of hydrogen-bond donors (Lipinski definition) is 4. The van der Waals surface area contributed by atoms with Gasteiger partial charge < -0.3 is 27.5 Å². The van der Waals surface area contributed by atoms with Crippen molar-refractivity contribution in [3.05, 3.63) is 18.2 Å². The smallest absolute Gasteiger partial charge is 0.142 e. The van der Waals surface area contributed by atoms with Crippen LogP contribution in [0.4, 0.5) is 11.4 Å². The molecule has 1 rings (SSSR count). The second-order valence-corrected chi connectivity index (χ2v) is 2.37. The molecular weight excluding hydrogens is 170 g/mol. The molecule has 0 amide bonds. The van der Waals surface area contributed by atoms with Gasteiger partial charge in [-0.25, -0.2) is 0 Å². The molecule has 0 fully saturated rings. The number of aliphatic hydroxyl groups excluding tert-OH is 1. The van der Waals surface area contributed by atoms with E-state index in [9.17, 15) is 0 Å². The molecule has 0 atom stereocenters. The summed E-state index contributed by atoms with van der Waals surface area (Å²) in [5.41, 5.74) is 12.1. The van der Waals surface area contributed by atoms with Gasteiger partial charge in [0.15, 0.2) is 0 Å². The van der Waals surface area contributed by atoms with Gasteiger partial charge in [-0.15, -0.1) is 0 Å². The standard InChI is InChI=1S/C8H12N2O2.H3N/c9-6-1-2-8(7(10)5-6)12-4-3-11;/h1-2,5,11H,3-4,9-10H2;1H3. The van der Waals surface area contributed by atoms with Gasteiger partial charge in [0.2, 0.25) is 0 Å². The molecule has 0 aromatic heterocycles. The van der Waals surface area contributed by atoms with Crippen LogP contribution in [-0.2, 0) is 0 Å². The summed E-state index contributed by atoms with van der Waals surface area (Å²) in [6, 6.07) is 5.00. The number of anilines is 2. The first-order valence-corrected chi connectivity index (χ1v) is 3.62. The van der Waals surface area contributed by atoms with E-state index in [4.69, 9.17) is 21.3 Å². The van der Waals surface area contributed by atoms with Gasteiger partial charge in [-0.1, -0.05) is 0 Å². The molecular formula is C8H15N3O2. The van der Waals surface area contributed by atoms with Crippen LogP contribution in [0, 0.1) is 0 Å². The zero-order valence-corrected chi connectivity index (χ0v) is 7.36. The summed E-state index contributed by atoms with van der Waals surface area (Å²) in [6.45, 7) is 0.220. The average molecular weight is 185 g/mol. The van der Waals surface area contributed by atoms with E-state index in [0.29, 0.717) is 17.1 Å². The molecule has 0 saturated heterocycles. The van der Waals surface area contributed by atoms with Crippen molar-refractivity contribution in [1.82, 2.24) is 6.15 Å². The Bertz CT molecular complexity index is 266. The highest BCUT2D eigenvalue weighted by Gasteiger charge is 1.98. The van der Waals surface area contributed by atoms with Crippen molar-refractivity contribution >= 4 is 11.4 Å². The van der Waals surface area contributed by atoms with E-state index in [1.165, 1.54) is 0 Å². The first kappa shape index (κ1) is 11.5. The van der Waals surface area contributed by atoms with Crippen molar-refractivity contribution in [2.45, 2.75) is 0 Å². The Hall–Kier alpha value is -1.46. The van der Waals surface area contributed by atoms with E-state index >= 15 is 0 Å². The van der Waals surface area contributed by atoms with Gasteiger partial charge in [-0.05, 0) is 18.2 Å².